The molecule has 1 heterocycles. The monoisotopic (exact) mass is 326 g/mol. The quantitative estimate of drug-likeness (QED) is 0.906. The number of ketones is 1. The second kappa shape index (κ2) is 6.31. The summed E-state index contributed by atoms with van der Waals surface area (Å²) in [5.41, 5.74) is 1.05. The Morgan fingerprint density at radius 3 is 2.58 bits per heavy atom. The summed E-state index contributed by atoms with van der Waals surface area (Å²) in [6.45, 7) is 1.96. The zero-order valence-electron chi connectivity index (χ0n) is 13.5. The molecule has 0 radical (unpaired) electrons. The highest BCUT2D eigenvalue weighted by atomic mass is 16.5. The van der Waals surface area contributed by atoms with Gasteiger partial charge in [-0.15, -0.1) is 0 Å². The number of benzene rings is 1. The fourth-order valence-electron chi connectivity index (χ4n) is 2.87. The van der Waals surface area contributed by atoms with Crippen LogP contribution >= 0.6 is 0 Å². The third kappa shape index (κ3) is 3.08. The standard InChI is InChI=1S/C18H18N2O4/c1-10-7-15-13(16(21)8-10)9-14(18(23)20-15)17(22)19-11-3-5-12(24-2)6-4-11/h3-6,9-10H,7-8H2,1-2H3,(H,19,22)(H,20,23). The lowest BCUT2D eigenvalue weighted by atomic mass is 9.86. The molecule has 1 amide bonds. The number of aromatic nitrogens is 1. The molecule has 0 saturated carbocycles. The topological polar surface area (TPSA) is 88.3 Å². The zero-order chi connectivity index (χ0) is 17.3. The van der Waals surface area contributed by atoms with Gasteiger partial charge in [-0.25, -0.2) is 0 Å². The van der Waals surface area contributed by atoms with E-state index < -0.39 is 11.5 Å². The van der Waals surface area contributed by atoms with Crippen LogP contribution in [0.3, 0.4) is 0 Å². The third-order valence-corrected chi connectivity index (χ3v) is 4.10. The molecule has 1 aliphatic rings. The number of hydrogen-bond acceptors (Lipinski definition) is 4. The van der Waals surface area contributed by atoms with E-state index in [1.54, 1.807) is 31.4 Å². The number of ether oxygens (including phenoxy) is 1. The van der Waals surface area contributed by atoms with E-state index in [0.29, 0.717) is 35.5 Å². The number of pyridine rings is 1. The fraction of sp³-hybridized carbons (Fsp3) is 0.278. The van der Waals surface area contributed by atoms with Crippen LogP contribution in [-0.4, -0.2) is 23.8 Å². The molecule has 1 unspecified atom stereocenters. The summed E-state index contributed by atoms with van der Waals surface area (Å²) in [4.78, 5) is 39.4. The number of methoxy groups -OCH3 is 1. The molecule has 2 aromatic rings. The molecular weight excluding hydrogens is 308 g/mol. The van der Waals surface area contributed by atoms with Crippen molar-refractivity contribution in [2.75, 3.05) is 12.4 Å². The molecule has 1 aliphatic carbocycles. The second-order valence-corrected chi connectivity index (χ2v) is 6.02. The average molecular weight is 326 g/mol. The molecule has 3 rings (SSSR count). The highest BCUT2D eigenvalue weighted by Crippen LogP contribution is 2.23. The molecule has 0 saturated heterocycles. The van der Waals surface area contributed by atoms with Gasteiger partial charge in [0.15, 0.2) is 5.78 Å². The minimum atomic E-state index is -0.546. The molecule has 0 spiro atoms. The van der Waals surface area contributed by atoms with Crippen LogP contribution in [0.15, 0.2) is 35.1 Å². The number of carbonyl (C=O) groups excluding carboxylic acids is 2. The van der Waals surface area contributed by atoms with Gasteiger partial charge in [0.2, 0.25) is 0 Å². The third-order valence-electron chi connectivity index (χ3n) is 4.10. The van der Waals surface area contributed by atoms with Gasteiger partial charge in [0.1, 0.15) is 11.3 Å². The van der Waals surface area contributed by atoms with E-state index in [4.69, 9.17) is 4.74 Å². The summed E-state index contributed by atoms with van der Waals surface area (Å²) < 4.78 is 5.06. The van der Waals surface area contributed by atoms with Crippen LogP contribution in [0.1, 0.15) is 39.8 Å². The van der Waals surface area contributed by atoms with Crippen molar-refractivity contribution in [2.24, 2.45) is 5.92 Å². The lowest BCUT2D eigenvalue weighted by molar-refractivity contribution is 0.0952. The number of Topliss-reactive ketones (excluding diaryl/α,β-unsaturated/α-hetero) is 1. The predicted molar refractivity (Wildman–Crippen MR) is 89.8 cm³/mol. The van der Waals surface area contributed by atoms with Crippen molar-refractivity contribution in [1.82, 2.24) is 4.98 Å². The molecular formula is C18H18N2O4. The highest BCUT2D eigenvalue weighted by Gasteiger charge is 2.25. The number of aromatic amines is 1. The van der Waals surface area contributed by atoms with E-state index in [1.807, 2.05) is 6.92 Å². The molecule has 2 N–H and O–H groups in total. The van der Waals surface area contributed by atoms with E-state index in [1.165, 1.54) is 6.07 Å². The lowest BCUT2D eigenvalue weighted by Gasteiger charge is -2.20. The first kappa shape index (κ1) is 16.0. The summed E-state index contributed by atoms with van der Waals surface area (Å²) in [5, 5.41) is 2.65. The SMILES string of the molecule is COc1ccc(NC(=O)c2cc3c([nH]c2=O)CC(C)CC3=O)cc1. The number of H-pyrrole nitrogens is 1. The number of anilines is 1. The van der Waals surface area contributed by atoms with E-state index >= 15 is 0 Å². The van der Waals surface area contributed by atoms with Gasteiger partial charge in [-0.05, 0) is 42.7 Å². The van der Waals surface area contributed by atoms with Crippen molar-refractivity contribution >= 4 is 17.4 Å². The van der Waals surface area contributed by atoms with Gasteiger partial charge in [-0.1, -0.05) is 6.92 Å². The largest absolute Gasteiger partial charge is 0.497 e. The number of carbonyl (C=O) groups is 2. The molecule has 0 bridgehead atoms. The Bertz CT molecular complexity index is 852. The van der Waals surface area contributed by atoms with Crippen LogP contribution in [-0.2, 0) is 6.42 Å². The summed E-state index contributed by atoms with van der Waals surface area (Å²) in [6, 6.07) is 8.17. The van der Waals surface area contributed by atoms with Crippen LogP contribution in [0.4, 0.5) is 5.69 Å². The van der Waals surface area contributed by atoms with E-state index in [2.05, 4.69) is 10.3 Å². The molecule has 24 heavy (non-hydrogen) atoms. The van der Waals surface area contributed by atoms with Crippen LogP contribution in [0, 0.1) is 5.92 Å². The Hall–Kier alpha value is -2.89. The smallest absolute Gasteiger partial charge is 0.261 e. The van der Waals surface area contributed by atoms with Gasteiger partial charge in [-0.3, -0.25) is 14.4 Å². The van der Waals surface area contributed by atoms with Crippen molar-refractivity contribution in [3.05, 3.63) is 57.5 Å². The zero-order valence-corrected chi connectivity index (χ0v) is 13.5. The second-order valence-electron chi connectivity index (χ2n) is 6.02. The van der Waals surface area contributed by atoms with E-state index in [0.717, 1.165) is 0 Å². The maximum Gasteiger partial charge on any atom is 0.261 e. The molecule has 1 aromatic carbocycles. The Morgan fingerprint density at radius 1 is 1.21 bits per heavy atom. The Kier molecular flexibility index (Phi) is 4.20. The molecule has 6 nitrogen and oxygen atoms in total. The van der Waals surface area contributed by atoms with Crippen LogP contribution in [0.2, 0.25) is 0 Å². The first-order chi connectivity index (χ1) is 11.5. The van der Waals surface area contributed by atoms with Crippen LogP contribution in [0.25, 0.3) is 0 Å². The molecule has 1 atom stereocenters. The molecule has 1 aromatic heterocycles. The van der Waals surface area contributed by atoms with E-state index in [9.17, 15) is 14.4 Å². The van der Waals surface area contributed by atoms with Gasteiger partial charge in [0, 0.05) is 23.4 Å². The van der Waals surface area contributed by atoms with Crippen LogP contribution in [0.5, 0.6) is 5.75 Å². The Balaban J connectivity index is 1.88. The average Bonchev–Trinajstić information content (AvgIpc) is 2.54. The summed E-state index contributed by atoms with van der Waals surface area (Å²) in [6.07, 6.45) is 1.06. The summed E-state index contributed by atoms with van der Waals surface area (Å²) >= 11 is 0. The summed E-state index contributed by atoms with van der Waals surface area (Å²) in [7, 11) is 1.55. The van der Waals surface area contributed by atoms with Crippen molar-refractivity contribution in [1.29, 1.82) is 0 Å². The first-order valence-electron chi connectivity index (χ1n) is 7.72. The van der Waals surface area contributed by atoms with Gasteiger partial charge in [0.05, 0.1) is 7.11 Å². The predicted octanol–water partition coefficient (Wildman–Crippen LogP) is 2.40. The minimum Gasteiger partial charge on any atom is -0.497 e. The van der Waals surface area contributed by atoms with Crippen molar-refractivity contribution in [2.45, 2.75) is 19.8 Å². The number of fused-ring (bicyclic) bond motifs is 1. The lowest BCUT2D eigenvalue weighted by Crippen LogP contribution is -2.29. The van der Waals surface area contributed by atoms with Gasteiger partial charge < -0.3 is 15.0 Å². The maximum absolute atomic E-state index is 12.4. The minimum absolute atomic E-state index is 0.0431. The Morgan fingerprint density at radius 2 is 1.92 bits per heavy atom. The Labute approximate surface area is 138 Å². The first-order valence-corrected chi connectivity index (χ1v) is 7.72. The van der Waals surface area contributed by atoms with Crippen molar-refractivity contribution in [3.63, 3.8) is 0 Å². The molecule has 0 aliphatic heterocycles. The maximum atomic E-state index is 12.4. The molecule has 6 heteroatoms. The number of hydrogen-bond donors (Lipinski definition) is 2. The highest BCUT2D eigenvalue weighted by molar-refractivity contribution is 6.06. The number of amides is 1. The molecule has 0 fully saturated rings. The van der Waals surface area contributed by atoms with Crippen LogP contribution < -0.4 is 15.6 Å². The van der Waals surface area contributed by atoms with Crippen molar-refractivity contribution in [3.8, 4) is 5.75 Å². The fourth-order valence-corrected chi connectivity index (χ4v) is 2.87. The number of nitrogens with one attached hydrogen (secondary N) is 2. The van der Waals surface area contributed by atoms with Crippen molar-refractivity contribution < 1.29 is 14.3 Å². The van der Waals surface area contributed by atoms with Gasteiger partial charge in [0.25, 0.3) is 11.5 Å². The number of rotatable bonds is 3. The normalized spacial score (nSPS) is 16.4. The van der Waals surface area contributed by atoms with E-state index in [-0.39, 0.29) is 17.3 Å². The van der Waals surface area contributed by atoms with Gasteiger partial charge in [-0.2, -0.15) is 0 Å². The molecule has 124 valence electrons. The van der Waals surface area contributed by atoms with Gasteiger partial charge >= 0.3 is 0 Å². The summed E-state index contributed by atoms with van der Waals surface area (Å²) in [5.74, 6) is 0.271.